The quantitative estimate of drug-likeness (QED) is 0.413. The van der Waals surface area contributed by atoms with Crippen LogP contribution in [-0.4, -0.2) is 18.6 Å². The molecule has 0 fully saturated rings. The van der Waals surface area contributed by atoms with Gasteiger partial charge in [0.1, 0.15) is 5.01 Å². The predicted octanol–water partition coefficient (Wildman–Crippen LogP) is 2.14. The van der Waals surface area contributed by atoms with Crippen LogP contribution in [0.2, 0.25) is 0 Å². The van der Waals surface area contributed by atoms with Gasteiger partial charge in [0.2, 0.25) is 0 Å². The van der Waals surface area contributed by atoms with Crippen molar-refractivity contribution in [1.82, 2.24) is 4.98 Å². The number of hydrogen-bond acceptors (Lipinski definition) is 4. The summed E-state index contributed by atoms with van der Waals surface area (Å²) in [5, 5.41) is 6.35. The molecule has 0 radical (unpaired) electrons. The zero-order valence-corrected chi connectivity index (χ0v) is 8.12. The van der Waals surface area contributed by atoms with Crippen molar-refractivity contribution in [3.63, 3.8) is 0 Å². The third kappa shape index (κ3) is 3.42. The van der Waals surface area contributed by atoms with Crippen molar-refractivity contribution in [3.05, 3.63) is 26.5 Å². The summed E-state index contributed by atoms with van der Waals surface area (Å²) in [4.78, 5) is 6.95. The topological polar surface area (TPSA) is 70.9 Å². The Labute approximate surface area is 80.0 Å². The van der Waals surface area contributed by atoms with Crippen molar-refractivity contribution >= 4 is 11.3 Å². The first-order valence-corrected chi connectivity index (χ1v) is 4.68. The maximum atomic E-state index is 8.05. The second kappa shape index (κ2) is 5.53. The summed E-state index contributed by atoms with van der Waals surface area (Å²) in [6.07, 6.45) is 0.699. The van der Waals surface area contributed by atoms with Crippen molar-refractivity contribution < 1.29 is 4.74 Å². The van der Waals surface area contributed by atoms with Gasteiger partial charge in [-0.15, -0.1) is 11.3 Å². The van der Waals surface area contributed by atoms with E-state index in [1.54, 1.807) is 18.4 Å². The van der Waals surface area contributed by atoms with Crippen molar-refractivity contribution in [2.45, 2.75) is 13.0 Å². The smallest absolute Gasteiger partial charge is 0.119 e. The first-order chi connectivity index (χ1) is 6.36. The van der Waals surface area contributed by atoms with Gasteiger partial charge in [0.15, 0.2) is 0 Å². The highest BCUT2D eigenvalue weighted by Gasteiger charge is 2.00. The second-order valence-corrected chi connectivity index (χ2v) is 3.31. The molecule has 0 N–H and O–H groups in total. The highest BCUT2D eigenvalue weighted by atomic mass is 32.1. The molecule has 0 amide bonds. The van der Waals surface area contributed by atoms with Gasteiger partial charge in [-0.2, -0.15) is 0 Å². The van der Waals surface area contributed by atoms with E-state index in [1.807, 2.05) is 5.38 Å². The van der Waals surface area contributed by atoms with E-state index in [9.17, 15) is 0 Å². The zero-order chi connectivity index (χ0) is 9.52. The molecule has 0 atom stereocenters. The van der Waals surface area contributed by atoms with Gasteiger partial charge >= 0.3 is 0 Å². The molecular weight excluding hydrogens is 188 g/mol. The molecule has 5 nitrogen and oxygen atoms in total. The zero-order valence-electron chi connectivity index (χ0n) is 7.30. The average Bonchev–Trinajstić information content (AvgIpc) is 2.54. The molecule has 1 heterocycles. The summed E-state index contributed by atoms with van der Waals surface area (Å²) in [6.45, 7) is 1.01. The van der Waals surface area contributed by atoms with Crippen LogP contribution in [0.3, 0.4) is 0 Å². The molecule has 13 heavy (non-hydrogen) atoms. The number of thiazole rings is 1. The maximum absolute atomic E-state index is 8.05. The van der Waals surface area contributed by atoms with Gasteiger partial charge < -0.3 is 4.74 Å². The molecule has 0 aliphatic rings. The molecular formula is C7H10N4OS. The van der Waals surface area contributed by atoms with Crippen molar-refractivity contribution in [1.29, 1.82) is 0 Å². The van der Waals surface area contributed by atoms with Crippen LogP contribution in [0.25, 0.3) is 10.4 Å². The van der Waals surface area contributed by atoms with E-state index < -0.39 is 0 Å². The summed E-state index contributed by atoms with van der Waals surface area (Å²) in [7, 11) is 1.64. The van der Waals surface area contributed by atoms with Gasteiger partial charge in [0.25, 0.3) is 0 Å². The minimum atomic E-state index is 0.465. The number of azide groups is 1. The van der Waals surface area contributed by atoms with E-state index in [-0.39, 0.29) is 0 Å². The van der Waals surface area contributed by atoms with E-state index in [0.717, 1.165) is 10.7 Å². The van der Waals surface area contributed by atoms with Crippen LogP contribution < -0.4 is 0 Å². The SMILES string of the molecule is COCc1nc(CCN=[N+]=[N-])cs1. The Morgan fingerprint density at radius 3 is 3.31 bits per heavy atom. The molecule has 0 bridgehead atoms. The normalized spacial score (nSPS) is 9.62. The monoisotopic (exact) mass is 198 g/mol. The number of rotatable bonds is 5. The van der Waals surface area contributed by atoms with Gasteiger partial charge in [0, 0.05) is 23.9 Å². The Bertz CT molecular complexity index is 305. The fourth-order valence-corrected chi connectivity index (χ4v) is 1.66. The van der Waals surface area contributed by atoms with Crippen LogP contribution >= 0.6 is 11.3 Å². The molecule has 1 rings (SSSR count). The third-order valence-electron chi connectivity index (χ3n) is 1.40. The summed E-state index contributed by atoms with van der Waals surface area (Å²) in [6, 6.07) is 0. The van der Waals surface area contributed by atoms with Crippen LogP contribution in [-0.2, 0) is 17.8 Å². The van der Waals surface area contributed by atoms with E-state index in [1.165, 1.54) is 0 Å². The lowest BCUT2D eigenvalue weighted by atomic mass is 10.3. The third-order valence-corrected chi connectivity index (χ3v) is 2.27. The molecule has 0 aliphatic carbocycles. The van der Waals surface area contributed by atoms with E-state index in [2.05, 4.69) is 15.0 Å². The summed E-state index contributed by atoms with van der Waals surface area (Å²) < 4.78 is 4.93. The number of methoxy groups -OCH3 is 1. The molecule has 0 unspecified atom stereocenters. The molecule has 1 aromatic heterocycles. The van der Waals surface area contributed by atoms with E-state index in [4.69, 9.17) is 10.3 Å². The number of aromatic nitrogens is 1. The minimum Gasteiger partial charge on any atom is -0.378 e. The fourth-order valence-electron chi connectivity index (χ4n) is 0.863. The van der Waals surface area contributed by atoms with Crippen LogP contribution in [0.1, 0.15) is 10.7 Å². The Morgan fingerprint density at radius 1 is 1.77 bits per heavy atom. The Morgan fingerprint density at radius 2 is 2.62 bits per heavy atom. The van der Waals surface area contributed by atoms with Gasteiger partial charge in [-0.25, -0.2) is 4.98 Å². The predicted molar refractivity (Wildman–Crippen MR) is 50.5 cm³/mol. The molecule has 0 saturated heterocycles. The van der Waals surface area contributed by atoms with Crippen molar-refractivity contribution in [2.24, 2.45) is 5.11 Å². The number of ether oxygens (including phenoxy) is 1. The summed E-state index contributed by atoms with van der Waals surface area (Å²) in [5.41, 5.74) is 9.02. The lowest BCUT2D eigenvalue weighted by Crippen LogP contribution is -1.91. The molecule has 6 heteroatoms. The van der Waals surface area contributed by atoms with E-state index >= 15 is 0 Å². The summed E-state index contributed by atoms with van der Waals surface area (Å²) in [5.74, 6) is 0. The average molecular weight is 198 g/mol. The Hall–Kier alpha value is -1.10. The number of hydrogen-bond donors (Lipinski definition) is 0. The molecule has 0 saturated carbocycles. The van der Waals surface area contributed by atoms with Crippen LogP contribution in [0.5, 0.6) is 0 Å². The fraction of sp³-hybridized carbons (Fsp3) is 0.571. The van der Waals surface area contributed by atoms with Crippen molar-refractivity contribution in [2.75, 3.05) is 13.7 Å². The highest BCUT2D eigenvalue weighted by molar-refractivity contribution is 7.09. The van der Waals surface area contributed by atoms with Crippen molar-refractivity contribution in [3.8, 4) is 0 Å². The standard InChI is InChI=1S/C7H10N4OS/c1-12-4-7-10-6(5-13-7)2-3-9-11-8/h5H,2-4H2,1H3. The van der Waals surface area contributed by atoms with Gasteiger partial charge in [-0.1, -0.05) is 5.11 Å². The van der Waals surface area contributed by atoms with Crippen LogP contribution in [0.15, 0.2) is 10.5 Å². The van der Waals surface area contributed by atoms with Gasteiger partial charge in [-0.05, 0) is 12.0 Å². The second-order valence-electron chi connectivity index (χ2n) is 2.37. The maximum Gasteiger partial charge on any atom is 0.119 e. The molecule has 1 aromatic rings. The first kappa shape index (κ1) is 9.98. The molecule has 70 valence electrons. The largest absolute Gasteiger partial charge is 0.378 e. The van der Waals surface area contributed by atoms with Gasteiger partial charge in [0.05, 0.1) is 12.3 Å². The molecule has 0 aromatic carbocycles. The minimum absolute atomic E-state index is 0.465. The summed E-state index contributed by atoms with van der Waals surface area (Å²) >= 11 is 1.56. The molecule has 0 spiro atoms. The molecule has 0 aliphatic heterocycles. The van der Waals surface area contributed by atoms with Crippen LogP contribution in [0.4, 0.5) is 0 Å². The van der Waals surface area contributed by atoms with Crippen LogP contribution in [0, 0.1) is 0 Å². The highest BCUT2D eigenvalue weighted by Crippen LogP contribution is 2.10. The lowest BCUT2D eigenvalue weighted by Gasteiger charge is -1.91. The first-order valence-electron chi connectivity index (χ1n) is 3.80. The number of nitrogens with zero attached hydrogens (tertiary/aromatic N) is 4. The van der Waals surface area contributed by atoms with E-state index in [0.29, 0.717) is 19.6 Å². The van der Waals surface area contributed by atoms with Gasteiger partial charge in [-0.3, -0.25) is 0 Å². The lowest BCUT2D eigenvalue weighted by molar-refractivity contribution is 0.184. The Kier molecular flexibility index (Phi) is 4.25. The Balaban J connectivity index is 2.43.